The Labute approximate surface area is 181 Å². The van der Waals surface area contributed by atoms with Gasteiger partial charge in [-0.15, -0.1) is 0 Å². The molecule has 2 heterocycles. The minimum atomic E-state index is -3.59. The normalized spacial score (nSPS) is 20.1. The lowest BCUT2D eigenvalue weighted by atomic mass is 10.1. The summed E-state index contributed by atoms with van der Waals surface area (Å²) in [4.78, 5) is 26.9. The van der Waals surface area contributed by atoms with Crippen molar-refractivity contribution in [1.82, 2.24) is 4.31 Å². The number of carbonyl (C=O) groups is 2. The van der Waals surface area contributed by atoms with Crippen LogP contribution in [0.3, 0.4) is 0 Å². The lowest BCUT2D eigenvalue weighted by Crippen LogP contribution is -2.40. The quantitative estimate of drug-likeness (QED) is 0.763. The smallest absolute Gasteiger partial charge is 0.243 e. The Morgan fingerprint density at radius 1 is 1.10 bits per heavy atom. The van der Waals surface area contributed by atoms with Crippen molar-refractivity contribution in [2.24, 2.45) is 5.92 Å². The van der Waals surface area contributed by atoms with Gasteiger partial charge < -0.3 is 15.0 Å². The van der Waals surface area contributed by atoms with Gasteiger partial charge in [0, 0.05) is 37.4 Å². The van der Waals surface area contributed by atoms with E-state index >= 15 is 0 Å². The number of hydrogen-bond donors (Lipinski definition) is 1. The van der Waals surface area contributed by atoms with E-state index in [1.54, 1.807) is 12.1 Å². The van der Waals surface area contributed by atoms with Gasteiger partial charge in [-0.05, 0) is 48.9 Å². The first kappa shape index (κ1) is 21.5. The van der Waals surface area contributed by atoms with Gasteiger partial charge in [0.05, 0.1) is 24.0 Å². The Bertz CT molecular complexity index is 1080. The maximum Gasteiger partial charge on any atom is 0.243 e. The number of carbonyl (C=O) groups excluding carboxylic acids is 2. The van der Waals surface area contributed by atoms with Gasteiger partial charge in [-0.3, -0.25) is 9.59 Å². The van der Waals surface area contributed by atoms with Crippen LogP contribution in [-0.2, 0) is 24.3 Å². The largest absolute Gasteiger partial charge is 0.379 e. The second-order valence-corrected chi connectivity index (χ2v) is 9.71. The molecule has 8 nitrogen and oxygen atoms in total. The second kappa shape index (κ2) is 8.78. The molecule has 1 N–H and O–H groups in total. The number of morpholine rings is 1. The van der Waals surface area contributed by atoms with Gasteiger partial charge in [-0.25, -0.2) is 8.42 Å². The molecule has 9 heteroatoms. The van der Waals surface area contributed by atoms with E-state index in [1.807, 2.05) is 31.2 Å². The van der Waals surface area contributed by atoms with Gasteiger partial charge >= 0.3 is 0 Å². The summed E-state index contributed by atoms with van der Waals surface area (Å²) in [5.41, 5.74) is 2.32. The number of benzene rings is 2. The molecule has 2 fully saturated rings. The van der Waals surface area contributed by atoms with Gasteiger partial charge in [0.15, 0.2) is 0 Å². The number of nitrogens with one attached hydrogen (secondary N) is 1. The fraction of sp³-hybridized carbons (Fsp3) is 0.364. The van der Waals surface area contributed by atoms with Crippen molar-refractivity contribution in [3.05, 3.63) is 54.1 Å². The van der Waals surface area contributed by atoms with Crippen molar-refractivity contribution in [1.29, 1.82) is 0 Å². The maximum atomic E-state index is 12.8. The summed E-state index contributed by atoms with van der Waals surface area (Å²) in [5.74, 6) is -0.828. The average Bonchev–Trinajstić information content (AvgIpc) is 3.16. The van der Waals surface area contributed by atoms with E-state index in [9.17, 15) is 18.0 Å². The van der Waals surface area contributed by atoms with Gasteiger partial charge in [0.2, 0.25) is 21.8 Å². The van der Waals surface area contributed by atoms with Crippen molar-refractivity contribution >= 4 is 33.2 Å². The SMILES string of the molecule is Cc1cccc(NC(=O)C2CC(=O)N(c3ccc(S(=O)(=O)N4CCOCC4)cc3)C2)c1. The third kappa shape index (κ3) is 4.63. The highest BCUT2D eigenvalue weighted by Gasteiger charge is 2.35. The lowest BCUT2D eigenvalue weighted by molar-refractivity contribution is -0.122. The molecule has 0 radical (unpaired) electrons. The Balaban J connectivity index is 1.44. The van der Waals surface area contributed by atoms with Crippen LogP contribution in [0.15, 0.2) is 53.4 Å². The molecule has 164 valence electrons. The molecule has 2 amide bonds. The van der Waals surface area contributed by atoms with E-state index in [0.29, 0.717) is 37.7 Å². The molecule has 0 spiro atoms. The van der Waals surface area contributed by atoms with Gasteiger partial charge in [-0.1, -0.05) is 12.1 Å². The topological polar surface area (TPSA) is 96.0 Å². The summed E-state index contributed by atoms with van der Waals surface area (Å²) >= 11 is 0. The molecule has 1 atom stereocenters. The van der Waals surface area contributed by atoms with Gasteiger partial charge in [-0.2, -0.15) is 4.31 Å². The molecule has 1 unspecified atom stereocenters. The second-order valence-electron chi connectivity index (χ2n) is 7.77. The number of aryl methyl sites for hydroxylation is 1. The summed E-state index contributed by atoms with van der Waals surface area (Å²) in [5, 5.41) is 2.87. The number of ether oxygens (including phenoxy) is 1. The molecule has 0 saturated carbocycles. The third-order valence-electron chi connectivity index (χ3n) is 5.54. The molecule has 0 aliphatic carbocycles. The van der Waals surface area contributed by atoms with Crippen LogP contribution in [0.25, 0.3) is 0 Å². The molecular weight excluding hydrogens is 418 g/mol. The fourth-order valence-corrected chi connectivity index (χ4v) is 5.24. The van der Waals surface area contributed by atoms with Gasteiger partial charge in [0.25, 0.3) is 0 Å². The molecule has 0 bridgehead atoms. The first-order valence-corrected chi connectivity index (χ1v) is 11.6. The molecular formula is C22H25N3O5S. The van der Waals surface area contributed by atoms with E-state index in [1.165, 1.54) is 21.3 Å². The van der Waals surface area contributed by atoms with Crippen LogP contribution in [0.2, 0.25) is 0 Å². The Morgan fingerprint density at radius 2 is 1.81 bits per heavy atom. The van der Waals surface area contributed by atoms with Crippen molar-refractivity contribution in [3.63, 3.8) is 0 Å². The monoisotopic (exact) mass is 443 g/mol. The van der Waals surface area contributed by atoms with Crippen molar-refractivity contribution in [3.8, 4) is 0 Å². The standard InChI is InChI=1S/C22H25N3O5S/c1-16-3-2-4-18(13-16)23-22(27)17-14-21(26)25(15-17)19-5-7-20(8-6-19)31(28,29)24-9-11-30-12-10-24/h2-8,13,17H,9-12,14-15H2,1H3,(H,23,27). The zero-order valence-electron chi connectivity index (χ0n) is 17.3. The van der Waals surface area contributed by atoms with Crippen LogP contribution in [-0.4, -0.2) is 57.4 Å². The number of nitrogens with zero attached hydrogens (tertiary/aromatic N) is 2. The number of sulfonamides is 1. The number of rotatable bonds is 5. The summed E-state index contributed by atoms with van der Waals surface area (Å²) in [6, 6.07) is 13.7. The minimum Gasteiger partial charge on any atom is -0.379 e. The Morgan fingerprint density at radius 3 is 2.48 bits per heavy atom. The summed E-state index contributed by atoms with van der Waals surface area (Å²) in [6.07, 6.45) is 0.117. The van der Waals surface area contributed by atoms with Crippen LogP contribution >= 0.6 is 0 Å². The maximum absolute atomic E-state index is 12.8. The molecule has 4 rings (SSSR count). The van der Waals surface area contributed by atoms with E-state index in [0.717, 1.165) is 5.56 Å². The Hall–Kier alpha value is -2.75. The molecule has 2 aliphatic heterocycles. The zero-order chi connectivity index (χ0) is 22.0. The third-order valence-corrected chi connectivity index (χ3v) is 7.45. The Kier molecular flexibility index (Phi) is 6.08. The number of amides is 2. The van der Waals surface area contributed by atoms with Gasteiger partial charge in [0.1, 0.15) is 0 Å². The summed E-state index contributed by atoms with van der Waals surface area (Å²) in [6.45, 7) is 3.61. The van der Waals surface area contributed by atoms with Crippen molar-refractivity contribution < 1.29 is 22.7 Å². The molecule has 2 aliphatic rings. The lowest BCUT2D eigenvalue weighted by Gasteiger charge is -2.26. The minimum absolute atomic E-state index is 0.117. The van der Waals surface area contributed by atoms with E-state index in [2.05, 4.69) is 5.32 Å². The highest BCUT2D eigenvalue weighted by Crippen LogP contribution is 2.28. The highest BCUT2D eigenvalue weighted by molar-refractivity contribution is 7.89. The van der Waals surface area contributed by atoms with Crippen molar-refractivity contribution in [2.45, 2.75) is 18.2 Å². The predicted octanol–water partition coefficient (Wildman–Crippen LogP) is 2.01. The first-order valence-electron chi connectivity index (χ1n) is 10.2. The zero-order valence-corrected chi connectivity index (χ0v) is 18.1. The molecule has 0 aromatic heterocycles. The molecule has 2 aromatic rings. The van der Waals surface area contributed by atoms with Crippen LogP contribution in [0, 0.1) is 12.8 Å². The fourth-order valence-electron chi connectivity index (χ4n) is 3.83. The van der Waals surface area contributed by atoms with E-state index < -0.39 is 15.9 Å². The summed E-state index contributed by atoms with van der Waals surface area (Å²) in [7, 11) is -3.59. The number of hydrogen-bond acceptors (Lipinski definition) is 5. The number of anilines is 2. The van der Waals surface area contributed by atoms with E-state index in [-0.39, 0.29) is 29.7 Å². The molecule has 31 heavy (non-hydrogen) atoms. The summed E-state index contributed by atoms with van der Waals surface area (Å²) < 4.78 is 32.1. The molecule has 2 saturated heterocycles. The average molecular weight is 444 g/mol. The van der Waals surface area contributed by atoms with E-state index in [4.69, 9.17) is 4.74 Å². The highest BCUT2D eigenvalue weighted by atomic mass is 32.2. The predicted molar refractivity (Wildman–Crippen MR) is 116 cm³/mol. The van der Waals surface area contributed by atoms with Crippen LogP contribution in [0.5, 0.6) is 0 Å². The van der Waals surface area contributed by atoms with Crippen LogP contribution in [0.4, 0.5) is 11.4 Å². The van der Waals surface area contributed by atoms with Crippen LogP contribution in [0.1, 0.15) is 12.0 Å². The first-order chi connectivity index (χ1) is 14.8. The van der Waals surface area contributed by atoms with Crippen LogP contribution < -0.4 is 10.2 Å². The van der Waals surface area contributed by atoms with Crippen molar-refractivity contribution in [2.75, 3.05) is 43.1 Å². The molecule has 2 aromatic carbocycles.